The number of rotatable bonds is 4. The van der Waals surface area contributed by atoms with E-state index >= 15 is 0 Å². The van der Waals surface area contributed by atoms with Gasteiger partial charge in [-0.05, 0) is 71.6 Å². The van der Waals surface area contributed by atoms with Gasteiger partial charge in [0.1, 0.15) is 6.04 Å². The molecule has 2 aromatic rings. The van der Waals surface area contributed by atoms with Crippen molar-refractivity contribution in [3.05, 3.63) is 58.1 Å². The highest BCUT2D eigenvalue weighted by Crippen LogP contribution is 2.26. The molecular formula is C18H19BrN2O3S. The Bertz CT molecular complexity index is 907. The molecule has 1 atom stereocenters. The van der Waals surface area contributed by atoms with Gasteiger partial charge in [0.15, 0.2) is 0 Å². The van der Waals surface area contributed by atoms with Gasteiger partial charge in [-0.3, -0.25) is 4.79 Å². The lowest BCUT2D eigenvalue weighted by atomic mass is 10.1. The number of carbonyl (C=O) groups excluding carboxylic acids is 1. The zero-order valence-electron chi connectivity index (χ0n) is 14.0. The molecule has 1 saturated heterocycles. The van der Waals surface area contributed by atoms with Gasteiger partial charge in [0.25, 0.3) is 0 Å². The summed E-state index contributed by atoms with van der Waals surface area (Å²) in [7, 11) is -3.77. The van der Waals surface area contributed by atoms with Gasteiger partial charge in [0.05, 0.1) is 4.90 Å². The smallest absolute Gasteiger partial charge is 0.245 e. The lowest BCUT2D eigenvalue weighted by Crippen LogP contribution is -2.41. The van der Waals surface area contributed by atoms with E-state index in [-0.39, 0.29) is 10.8 Å². The summed E-state index contributed by atoms with van der Waals surface area (Å²) < 4.78 is 28.2. The second-order valence-corrected chi connectivity index (χ2v) is 8.77. The van der Waals surface area contributed by atoms with E-state index in [1.165, 1.54) is 6.07 Å². The standard InChI is InChI=1S/C18H19BrN2O3S/c1-12-9-13(2)11-14(10-12)21-8-7-16(18(21)22)20-25(23,24)17-6-4-3-5-15(17)19/h3-6,9-11,16,20H,7-8H2,1-2H3/t16-/m1/s1. The molecule has 1 aliphatic rings. The molecular weight excluding hydrogens is 404 g/mol. The van der Waals surface area contributed by atoms with Gasteiger partial charge in [-0.25, -0.2) is 8.42 Å². The fourth-order valence-corrected chi connectivity index (χ4v) is 5.29. The largest absolute Gasteiger partial charge is 0.311 e. The van der Waals surface area contributed by atoms with Crippen molar-refractivity contribution in [1.29, 1.82) is 0 Å². The molecule has 0 aliphatic carbocycles. The van der Waals surface area contributed by atoms with E-state index in [1.807, 2.05) is 32.0 Å². The summed E-state index contributed by atoms with van der Waals surface area (Å²) in [5.74, 6) is -0.222. The first-order chi connectivity index (χ1) is 11.8. The van der Waals surface area contributed by atoms with Crippen molar-refractivity contribution >= 4 is 37.5 Å². The van der Waals surface area contributed by atoms with Gasteiger partial charge in [-0.15, -0.1) is 0 Å². The average Bonchev–Trinajstić information content (AvgIpc) is 2.87. The molecule has 0 aromatic heterocycles. The maximum atomic E-state index is 12.7. The first-order valence-corrected chi connectivity index (χ1v) is 10.2. The molecule has 5 nitrogen and oxygen atoms in total. The number of carbonyl (C=O) groups is 1. The summed E-state index contributed by atoms with van der Waals surface area (Å²) in [6, 6.07) is 11.7. The van der Waals surface area contributed by atoms with Crippen molar-refractivity contribution in [2.24, 2.45) is 0 Å². The molecule has 1 amide bonds. The Hall–Kier alpha value is -1.70. The quantitative estimate of drug-likeness (QED) is 0.822. The van der Waals surface area contributed by atoms with E-state index in [4.69, 9.17) is 0 Å². The zero-order chi connectivity index (χ0) is 18.2. The van der Waals surface area contributed by atoms with Crippen LogP contribution in [0.25, 0.3) is 0 Å². The lowest BCUT2D eigenvalue weighted by molar-refractivity contribution is -0.118. The Labute approximate surface area is 156 Å². The summed E-state index contributed by atoms with van der Waals surface area (Å²) in [5, 5.41) is 0. The molecule has 0 unspecified atom stereocenters. The van der Waals surface area contributed by atoms with E-state index in [1.54, 1.807) is 23.1 Å². The molecule has 0 bridgehead atoms. The number of amides is 1. The van der Waals surface area contributed by atoms with Crippen LogP contribution < -0.4 is 9.62 Å². The van der Waals surface area contributed by atoms with E-state index in [0.29, 0.717) is 17.4 Å². The Morgan fingerprint density at radius 3 is 2.40 bits per heavy atom. The van der Waals surface area contributed by atoms with Crippen molar-refractivity contribution < 1.29 is 13.2 Å². The Morgan fingerprint density at radius 1 is 1.12 bits per heavy atom. The molecule has 0 spiro atoms. The maximum absolute atomic E-state index is 12.7. The van der Waals surface area contributed by atoms with E-state index in [9.17, 15) is 13.2 Å². The fourth-order valence-electron chi connectivity index (χ4n) is 3.07. The Morgan fingerprint density at radius 2 is 1.76 bits per heavy atom. The molecule has 25 heavy (non-hydrogen) atoms. The van der Waals surface area contributed by atoms with E-state index in [2.05, 4.69) is 20.7 Å². The van der Waals surface area contributed by atoms with Crippen LogP contribution in [0.5, 0.6) is 0 Å². The van der Waals surface area contributed by atoms with Crippen LogP contribution in [0.1, 0.15) is 17.5 Å². The highest BCUT2D eigenvalue weighted by atomic mass is 79.9. The molecule has 2 aromatic carbocycles. The van der Waals surface area contributed by atoms with Gasteiger partial charge < -0.3 is 4.90 Å². The zero-order valence-corrected chi connectivity index (χ0v) is 16.4. The van der Waals surface area contributed by atoms with Gasteiger partial charge in [-0.2, -0.15) is 4.72 Å². The minimum atomic E-state index is -3.77. The number of sulfonamides is 1. The molecule has 0 saturated carbocycles. The van der Waals surface area contributed by atoms with Crippen molar-refractivity contribution in [2.45, 2.75) is 31.2 Å². The predicted molar refractivity (Wildman–Crippen MR) is 101 cm³/mol. The Kier molecular flexibility index (Phi) is 4.99. The second kappa shape index (κ2) is 6.90. The molecule has 1 N–H and O–H groups in total. The van der Waals surface area contributed by atoms with E-state index in [0.717, 1.165) is 16.8 Å². The van der Waals surface area contributed by atoms with Crippen LogP contribution in [0.4, 0.5) is 5.69 Å². The lowest BCUT2D eigenvalue weighted by Gasteiger charge is -2.18. The highest BCUT2D eigenvalue weighted by Gasteiger charge is 2.36. The summed E-state index contributed by atoms with van der Waals surface area (Å²) in [6.45, 7) is 4.44. The summed E-state index contributed by atoms with van der Waals surface area (Å²) in [4.78, 5) is 14.5. The minimum Gasteiger partial charge on any atom is -0.311 e. The maximum Gasteiger partial charge on any atom is 0.245 e. The van der Waals surface area contributed by atoms with Crippen LogP contribution in [0.15, 0.2) is 51.8 Å². The second-order valence-electron chi connectivity index (χ2n) is 6.23. The molecule has 3 rings (SSSR count). The van der Waals surface area contributed by atoms with Gasteiger partial charge >= 0.3 is 0 Å². The fraction of sp³-hybridized carbons (Fsp3) is 0.278. The monoisotopic (exact) mass is 422 g/mol. The molecule has 1 aliphatic heterocycles. The number of aryl methyl sites for hydroxylation is 2. The number of nitrogens with zero attached hydrogens (tertiary/aromatic N) is 1. The highest BCUT2D eigenvalue weighted by molar-refractivity contribution is 9.10. The normalized spacial score (nSPS) is 18.0. The number of anilines is 1. The van der Waals surface area contributed by atoms with Crippen molar-refractivity contribution in [2.75, 3.05) is 11.4 Å². The number of hydrogen-bond donors (Lipinski definition) is 1. The van der Waals surface area contributed by atoms with Crippen LogP contribution in [0.2, 0.25) is 0 Å². The molecule has 132 valence electrons. The molecule has 1 heterocycles. The molecule has 7 heteroatoms. The third-order valence-corrected chi connectivity index (χ3v) is 6.63. The molecule has 1 fully saturated rings. The number of benzene rings is 2. The van der Waals surface area contributed by atoms with Crippen LogP contribution in [0, 0.1) is 13.8 Å². The summed E-state index contributed by atoms with van der Waals surface area (Å²) in [5.41, 5.74) is 2.95. The van der Waals surface area contributed by atoms with Crippen LogP contribution in [-0.4, -0.2) is 26.9 Å². The van der Waals surface area contributed by atoms with Crippen LogP contribution in [-0.2, 0) is 14.8 Å². The Balaban J connectivity index is 1.82. The van der Waals surface area contributed by atoms with Gasteiger partial charge in [-0.1, -0.05) is 18.2 Å². The average molecular weight is 423 g/mol. The third-order valence-electron chi connectivity index (χ3n) is 4.15. The van der Waals surface area contributed by atoms with Crippen LogP contribution in [0.3, 0.4) is 0 Å². The topological polar surface area (TPSA) is 66.5 Å². The molecule has 0 radical (unpaired) electrons. The SMILES string of the molecule is Cc1cc(C)cc(N2CC[C@@H](NS(=O)(=O)c3ccccc3Br)C2=O)c1. The van der Waals surface area contributed by atoms with Gasteiger partial charge in [0, 0.05) is 16.7 Å². The van der Waals surface area contributed by atoms with Crippen molar-refractivity contribution in [3.63, 3.8) is 0 Å². The van der Waals surface area contributed by atoms with Crippen molar-refractivity contribution in [3.8, 4) is 0 Å². The van der Waals surface area contributed by atoms with Crippen LogP contribution >= 0.6 is 15.9 Å². The minimum absolute atomic E-state index is 0.132. The first-order valence-electron chi connectivity index (χ1n) is 7.94. The summed E-state index contributed by atoms with van der Waals surface area (Å²) >= 11 is 3.25. The first kappa shape index (κ1) is 18.1. The number of halogens is 1. The number of nitrogens with one attached hydrogen (secondary N) is 1. The third kappa shape index (κ3) is 3.78. The summed E-state index contributed by atoms with van der Waals surface area (Å²) in [6.07, 6.45) is 0.440. The number of hydrogen-bond acceptors (Lipinski definition) is 3. The van der Waals surface area contributed by atoms with Gasteiger partial charge in [0.2, 0.25) is 15.9 Å². The van der Waals surface area contributed by atoms with E-state index < -0.39 is 16.1 Å². The van der Waals surface area contributed by atoms with Crippen molar-refractivity contribution in [1.82, 2.24) is 4.72 Å². The predicted octanol–water partition coefficient (Wildman–Crippen LogP) is 3.15.